The standard InChI is InChI=1S/C6H2N2O6S/c1-2-13-3-4(14-2)6(8(11)12)15-5(3)7(9)10/h1H2. The summed E-state index contributed by atoms with van der Waals surface area (Å²) in [6.07, 6.45) is 0. The first kappa shape index (κ1) is 9.40. The molecule has 0 saturated carbocycles. The molecule has 0 bridgehead atoms. The molecular formula is C6H2N2O6S. The molecule has 0 fully saturated rings. The van der Waals surface area contributed by atoms with E-state index in [1.807, 2.05) is 0 Å². The highest BCUT2D eigenvalue weighted by molar-refractivity contribution is 7.19. The molecule has 1 aliphatic heterocycles. The van der Waals surface area contributed by atoms with Crippen LogP contribution in [0, 0.1) is 20.2 Å². The van der Waals surface area contributed by atoms with Crippen LogP contribution in [-0.2, 0) is 0 Å². The Morgan fingerprint density at radius 3 is 1.80 bits per heavy atom. The fraction of sp³-hybridized carbons (Fsp3) is 0. The van der Waals surface area contributed by atoms with Crippen LogP contribution in [0.3, 0.4) is 0 Å². The first-order valence-corrected chi connectivity index (χ1v) is 4.32. The molecule has 0 aliphatic carbocycles. The van der Waals surface area contributed by atoms with Crippen molar-refractivity contribution in [2.24, 2.45) is 0 Å². The van der Waals surface area contributed by atoms with Crippen molar-refractivity contribution in [3.05, 3.63) is 32.8 Å². The predicted octanol–water partition coefficient (Wildman–Crippen LogP) is 1.81. The highest BCUT2D eigenvalue weighted by atomic mass is 32.1. The first-order valence-electron chi connectivity index (χ1n) is 3.51. The monoisotopic (exact) mass is 230 g/mol. The van der Waals surface area contributed by atoms with Crippen molar-refractivity contribution >= 4 is 21.3 Å². The van der Waals surface area contributed by atoms with Crippen molar-refractivity contribution in [1.29, 1.82) is 0 Å². The van der Waals surface area contributed by atoms with Crippen LogP contribution < -0.4 is 9.47 Å². The third-order valence-corrected chi connectivity index (χ3v) is 2.61. The van der Waals surface area contributed by atoms with Gasteiger partial charge in [-0.05, 0) is 6.58 Å². The lowest BCUT2D eigenvalue weighted by Crippen LogP contribution is -1.93. The van der Waals surface area contributed by atoms with Crippen molar-refractivity contribution in [1.82, 2.24) is 0 Å². The average Bonchev–Trinajstić information content (AvgIpc) is 2.59. The summed E-state index contributed by atoms with van der Waals surface area (Å²) in [6.45, 7) is 3.26. The highest BCUT2D eigenvalue weighted by Gasteiger charge is 2.41. The van der Waals surface area contributed by atoms with Crippen LogP contribution in [0.25, 0.3) is 0 Å². The van der Waals surface area contributed by atoms with Gasteiger partial charge in [0.15, 0.2) is 0 Å². The zero-order valence-electron chi connectivity index (χ0n) is 6.96. The molecule has 0 saturated heterocycles. The maximum absolute atomic E-state index is 10.5. The fourth-order valence-electron chi connectivity index (χ4n) is 1.05. The van der Waals surface area contributed by atoms with Crippen LogP contribution in [0.1, 0.15) is 0 Å². The number of hydrogen-bond donors (Lipinski definition) is 0. The molecule has 1 aliphatic rings. The minimum Gasteiger partial charge on any atom is -0.414 e. The van der Waals surface area contributed by atoms with Gasteiger partial charge in [-0.2, -0.15) is 0 Å². The quantitative estimate of drug-likeness (QED) is 0.566. The normalized spacial score (nSPS) is 12.9. The first-order chi connectivity index (χ1) is 7.00. The molecule has 1 aromatic rings. The molecule has 2 heterocycles. The van der Waals surface area contributed by atoms with Crippen molar-refractivity contribution in [2.45, 2.75) is 0 Å². The lowest BCUT2D eigenvalue weighted by Gasteiger charge is -1.92. The van der Waals surface area contributed by atoms with Gasteiger partial charge < -0.3 is 9.47 Å². The Morgan fingerprint density at radius 1 is 1.07 bits per heavy atom. The van der Waals surface area contributed by atoms with E-state index in [4.69, 9.17) is 9.47 Å². The van der Waals surface area contributed by atoms with Crippen LogP contribution >= 0.6 is 11.3 Å². The van der Waals surface area contributed by atoms with E-state index in [0.717, 1.165) is 0 Å². The van der Waals surface area contributed by atoms with Gasteiger partial charge in [0.25, 0.3) is 17.4 Å². The largest absolute Gasteiger partial charge is 0.414 e. The van der Waals surface area contributed by atoms with Gasteiger partial charge in [-0.1, -0.05) is 0 Å². The zero-order chi connectivity index (χ0) is 11.2. The summed E-state index contributed by atoms with van der Waals surface area (Å²) in [4.78, 5) is 19.5. The number of thiophene rings is 1. The Labute approximate surface area is 85.6 Å². The summed E-state index contributed by atoms with van der Waals surface area (Å²) in [6, 6.07) is 0. The van der Waals surface area contributed by atoms with Crippen molar-refractivity contribution in [3.8, 4) is 11.5 Å². The molecular weight excluding hydrogens is 228 g/mol. The van der Waals surface area contributed by atoms with Crippen LogP contribution in [0.2, 0.25) is 0 Å². The highest BCUT2D eigenvalue weighted by Crippen LogP contribution is 2.55. The van der Waals surface area contributed by atoms with Crippen LogP contribution in [-0.4, -0.2) is 9.85 Å². The van der Waals surface area contributed by atoms with Crippen molar-refractivity contribution in [3.63, 3.8) is 0 Å². The summed E-state index contributed by atoms with van der Waals surface area (Å²) in [5.74, 6) is -0.706. The van der Waals surface area contributed by atoms with Crippen molar-refractivity contribution < 1.29 is 19.3 Å². The van der Waals surface area contributed by atoms with Gasteiger partial charge in [0.1, 0.15) is 0 Å². The number of hydrogen-bond acceptors (Lipinski definition) is 7. The fourth-order valence-corrected chi connectivity index (χ4v) is 1.83. The van der Waals surface area contributed by atoms with E-state index < -0.39 is 19.8 Å². The van der Waals surface area contributed by atoms with Gasteiger partial charge in [0.05, 0.1) is 9.85 Å². The molecule has 1 aromatic heterocycles. The van der Waals surface area contributed by atoms with Gasteiger partial charge in [0, 0.05) is 11.3 Å². The van der Waals surface area contributed by atoms with Crippen molar-refractivity contribution in [2.75, 3.05) is 0 Å². The molecule has 0 atom stereocenters. The van der Waals surface area contributed by atoms with E-state index in [2.05, 4.69) is 6.58 Å². The molecule has 0 N–H and O–H groups in total. The maximum atomic E-state index is 10.5. The number of rotatable bonds is 2. The summed E-state index contributed by atoms with van der Waals surface area (Å²) in [5.41, 5.74) is 0. The SMILES string of the molecule is C=C1Oc2c([N+](=O)[O-])sc([N+](=O)[O-])c2O1. The molecule has 0 radical (unpaired) electrons. The summed E-state index contributed by atoms with van der Waals surface area (Å²) >= 11 is 0.391. The molecule has 15 heavy (non-hydrogen) atoms. The molecule has 0 unspecified atom stereocenters. The number of fused-ring (bicyclic) bond motifs is 1. The molecule has 0 aromatic carbocycles. The molecule has 0 amide bonds. The Kier molecular flexibility index (Phi) is 1.83. The number of ether oxygens (including phenoxy) is 2. The molecule has 78 valence electrons. The summed E-state index contributed by atoms with van der Waals surface area (Å²) < 4.78 is 9.56. The second-order valence-electron chi connectivity index (χ2n) is 2.46. The van der Waals surface area contributed by atoms with Crippen LogP contribution in [0.5, 0.6) is 11.5 Å². The summed E-state index contributed by atoms with van der Waals surface area (Å²) in [7, 11) is 0. The predicted molar refractivity (Wildman–Crippen MR) is 48.0 cm³/mol. The van der Waals surface area contributed by atoms with Crippen LogP contribution in [0.15, 0.2) is 12.5 Å². The maximum Gasteiger partial charge on any atom is 0.377 e. The average molecular weight is 230 g/mol. The van der Waals surface area contributed by atoms with Gasteiger partial charge in [-0.15, -0.1) is 0 Å². The minimum absolute atomic E-state index is 0.209. The Morgan fingerprint density at radius 2 is 1.47 bits per heavy atom. The van der Waals surface area contributed by atoms with E-state index in [1.165, 1.54) is 0 Å². The third kappa shape index (κ3) is 1.29. The van der Waals surface area contributed by atoms with E-state index in [0.29, 0.717) is 11.3 Å². The van der Waals surface area contributed by atoms with E-state index in [-0.39, 0.29) is 17.4 Å². The van der Waals surface area contributed by atoms with E-state index in [9.17, 15) is 20.2 Å². The molecule has 8 nitrogen and oxygen atoms in total. The van der Waals surface area contributed by atoms with Gasteiger partial charge in [0.2, 0.25) is 0 Å². The topological polar surface area (TPSA) is 105 Å². The molecule has 9 heteroatoms. The minimum atomic E-state index is -0.765. The third-order valence-electron chi connectivity index (χ3n) is 1.55. The second-order valence-corrected chi connectivity index (χ2v) is 3.44. The zero-order valence-corrected chi connectivity index (χ0v) is 7.78. The Hall–Kier alpha value is -2.16. The Balaban J connectivity index is 2.63. The number of nitrogens with zero attached hydrogens (tertiary/aromatic N) is 2. The Bertz CT molecular complexity index is 452. The smallest absolute Gasteiger partial charge is 0.377 e. The molecule has 2 rings (SSSR count). The van der Waals surface area contributed by atoms with E-state index >= 15 is 0 Å². The molecule has 0 spiro atoms. The second kappa shape index (κ2) is 2.92. The van der Waals surface area contributed by atoms with Gasteiger partial charge >= 0.3 is 10.0 Å². The number of nitro groups is 2. The van der Waals surface area contributed by atoms with E-state index in [1.54, 1.807) is 0 Å². The lowest BCUT2D eigenvalue weighted by atomic mass is 10.5. The van der Waals surface area contributed by atoms with Gasteiger partial charge in [-0.25, -0.2) is 0 Å². The lowest BCUT2D eigenvalue weighted by molar-refractivity contribution is -0.383. The van der Waals surface area contributed by atoms with Crippen LogP contribution in [0.4, 0.5) is 10.0 Å². The summed E-state index contributed by atoms with van der Waals surface area (Å²) in [5, 5.41) is 20.1. The van der Waals surface area contributed by atoms with Gasteiger partial charge in [-0.3, -0.25) is 20.2 Å².